The summed E-state index contributed by atoms with van der Waals surface area (Å²) in [5.74, 6) is 2.74. The summed E-state index contributed by atoms with van der Waals surface area (Å²) in [7, 11) is 1.61. The Morgan fingerprint density at radius 2 is 1.50 bits per heavy atom. The summed E-state index contributed by atoms with van der Waals surface area (Å²) in [6.07, 6.45) is 0. The van der Waals surface area contributed by atoms with Gasteiger partial charge < -0.3 is 24.8 Å². The molecule has 0 aliphatic rings. The maximum absolute atomic E-state index is 12.2. The van der Waals surface area contributed by atoms with Crippen LogP contribution >= 0.6 is 0 Å². The van der Waals surface area contributed by atoms with Crippen LogP contribution in [0.25, 0.3) is 0 Å². The lowest BCUT2D eigenvalue weighted by molar-refractivity contribution is 0.247. The number of carbonyl (C=O) groups is 1. The molecule has 144 valence electrons. The van der Waals surface area contributed by atoms with Gasteiger partial charge in [-0.25, -0.2) is 4.79 Å². The molecule has 0 atom stereocenters. The smallest absolute Gasteiger partial charge is 0.319 e. The van der Waals surface area contributed by atoms with Gasteiger partial charge in [-0.05, 0) is 48.5 Å². The average molecular weight is 378 g/mol. The maximum Gasteiger partial charge on any atom is 0.319 e. The first-order valence-corrected chi connectivity index (χ1v) is 8.88. The molecule has 0 spiro atoms. The highest BCUT2D eigenvalue weighted by Crippen LogP contribution is 2.28. The summed E-state index contributed by atoms with van der Waals surface area (Å²) in [6, 6.07) is 23.6. The van der Waals surface area contributed by atoms with Gasteiger partial charge in [0.05, 0.1) is 19.3 Å². The second-order valence-corrected chi connectivity index (χ2v) is 5.82. The first-order valence-electron chi connectivity index (χ1n) is 8.88. The van der Waals surface area contributed by atoms with E-state index in [1.807, 2.05) is 66.7 Å². The van der Waals surface area contributed by atoms with E-state index >= 15 is 0 Å². The molecule has 0 aliphatic heterocycles. The summed E-state index contributed by atoms with van der Waals surface area (Å²) < 4.78 is 16.5. The van der Waals surface area contributed by atoms with Crippen molar-refractivity contribution < 1.29 is 19.0 Å². The van der Waals surface area contributed by atoms with Gasteiger partial charge in [0.1, 0.15) is 23.9 Å². The van der Waals surface area contributed by atoms with Gasteiger partial charge in [0, 0.05) is 0 Å². The lowest BCUT2D eigenvalue weighted by Gasteiger charge is -2.13. The van der Waals surface area contributed by atoms with Gasteiger partial charge in [0.15, 0.2) is 5.75 Å². The number of hydrogen-bond donors (Lipinski definition) is 2. The van der Waals surface area contributed by atoms with E-state index in [9.17, 15) is 4.79 Å². The number of urea groups is 1. The maximum atomic E-state index is 12.2. The third kappa shape index (κ3) is 5.67. The Hall–Kier alpha value is -3.67. The molecule has 2 amide bonds. The predicted octanol–water partition coefficient (Wildman–Crippen LogP) is 4.69. The number of benzene rings is 3. The minimum absolute atomic E-state index is 0.331. The van der Waals surface area contributed by atoms with Crippen LogP contribution in [0.5, 0.6) is 23.0 Å². The quantitative estimate of drug-likeness (QED) is 0.558. The van der Waals surface area contributed by atoms with Crippen molar-refractivity contribution in [1.82, 2.24) is 5.32 Å². The molecule has 28 heavy (non-hydrogen) atoms. The summed E-state index contributed by atoms with van der Waals surface area (Å²) in [4.78, 5) is 12.2. The normalized spacial score (nSPS) is 10.0. The zero-order valence-corrected chi connectivity index (χ0v) is 15.6. The molecule has 0 saturated carbocycles. The van der Waals surface area contributed by atoms with Crippen molar-refractivity contribution in [2.24, 2.45) is 0 Å². The molecule has 0 aliphatic carbocycles. The Bertz CT molecular complexity index is 883. The van der Waals surface area contributed by atoms with Crippen molar-refractivity contribution >= 4 is 11.7 Å². The zero-order valence-electron chi connectivity index (χ0n) is 15.6. The molecular formula is C22H22N2O4. The Balaban J connectivity index is 1.47. The molecule has 3 rings (SSSR count). The van der Waals surface area contributed by atoms with Crippen LogP contribution in [0.4, 0.5) is 10.5 Å². The lowest BCUT2D eigenvalue weighted by atomic mass is 10.3. The molecule has 0 saturated heterocycles. The third-order valence-corrected chi connectivity index (χ3v) is 3.82. The van der Waals surface area contributed by atoms with Crippen LogP contribution in [0.3, 0.4) is 0 Å². The largest absolute Gasteiger partial charge is 0.497 e. The van der Waals surface area contributed by atoms with Crippen LogP contribution in [-0.4, -0.2) is 26.3 Å². The van der Waals surface area contributed by atoms with E-state index in [4.69, 9.17) is 14.2 Å². The Morgan fingerprint density at radius 3 is 2.25 bits per heavy atom. The van der Waals surface area contributed by atoms with Crippen LogP contribution in [0.1, 0.15) is 0 Å². The summed E-state index contributed by atoms with van der Waals surface area (Å²) in [6.45, 7) is 0.710. The second-order valence-electron chi connectivity index (χ2n) is 5.82. The minimum Gasteiger partial charge on any atom is -0.497 e. The molecule has 3 aromatic rings. The van der Waals surface area contributed by atoms with Crippen LogP contribution in [0.15, 0.2) is 78.9 Å². The number of nitrogens with one attached hydrogen (secondary N) is 2. The molecule has 0 heterocycles. The Kier molecular flexibility index (Phi) is 6.73. The van der Waals surface area contributed by atoms with E-state index in [1.165, 1.54) is 0 Å². The molecule has 2 N–H and O–H groups in total. The van der Waals surface area contributed by atoms with Gasteiger partial charge in [-0.3, -0.25) is 0 Å². The number of carbonyl (C=O) groups excluding carboxylic acids is 1. The van der Waals surface area contributed by atoms with E-state index < -0.39 is 0 Å². The van der Waals surface area contributed by atoms with Crippen molar-refractivity contribution in [3.8, 4) is 23.0 Å². The van der Waals surface area contributed by atoms with Crippen LogP contribution in [-0.2, 0) is 0 Å². The second kappa shape index (κ2) is 9.87. The van der Waals surface area contributed by atoms with Crippen molar-refractivity contribution in [3.05, 3.63) is 78.9 Å². The van der Waals surface area contributed by atoms with E-state index in [0.717, 1.165) is 5.75 Å². The number of hydrogen-bond acceptors (Lipinski definition) is 4. The molecule has 0 bridgehead atoms. The SMILES string of the molecule is COc1ccc(OCCNC(=O)Nc2ccccc2Oc2ccccc2)cc1. The fraction of sp³-hybridized carbons (Fsp3) is 0.136. The highest BCUT2D eigenvalue weighted by atomic mass is 16.5. The molecule has 3 aromatic carbocycles. The van der Waals surface area contributed by atoms with Gasteiger partial charge >= 0.3 is 6.03 Å². The highest BCUT2D eigenvalue weighted by Gasteiger charge is 2.08. The number of rotatable bonds is 8. The zero-order chi connectivity index (χ0) is 19.6. The molecule has 6 nitrogen and oxygen atoms in total. The fourth-order valence-corrected chi connectivity index (χ4v) is 2.45. The molecule has 0 radical (unpaired) electrons. The number of para-hydroxylation sites is 3. The van der Waals surface area contributed by atoms with Gasteiger partial charge in [-0.15, -0.1) is 0 Å². The Morgan fingerprint density at radius 1 is 0.821 bits per heavy atom. The van der Waals surface area contributed by atoms with E-state index in [1.54, 1.807) is 19.2 Å². The van der Waals surface area contributed by atoms with Crippen molar-refractivity contribution in [3.63, 3.8) is 0 Å². The van der Waals surface area contributed by atoms with Crippen molar-refractivity contribution in [2.75, 3.05) is 25.6 Å². The predicted molar refractivity (Wildman–Crippen MR) is 108 cm³/mol. The third-order valence-electron chi connectivity index (χ3n) is 3.82. The molecule has 0 fully saturated rings. The number of amides is 2. The average Bonchev–Trinajstić information content (AvgIpc) is 2.74. The first kappa shape index (κ1) is 19.1. The van der Waals surface area contributed by atoms with Gasteiger partial charge in [0.25, 0.3) is 0 Å². The summed E-state index contributed by atoms with van der Waals surface area (Å²) in [5, 5.41) is 5.56. The van der Waals surface area contributed by atoms with Gasteiger partial charge in [-0.1, -0.05) is 30.3 Å². The number of ether oxygens (including phenoxy) is 3. The van der Waals surface area contributed by atoms with Crippen LogP contribution < -0.4 is 24.8 Å². The molecule has 0 aromatic heterocycles. The first-order chi connectivity index (χ1) is 13.7. The van der Waals surface area contributed by atoms with Crippen LogP contribution in [0.2, 0.25) is 0 Å². The minimum atomic E-state index is -0.331. The monoisotopic (exact) mass is 378 g/mol. The van der Waals surface area contributed by atoms with E-state index in [2.05, 4.69) is 10.6 Å². The van der Waals surface area contributed by atoms with Gasteiger partial charge in [0.2, 0.25) is 0 Å². The molecule has 0 unspecified atom stereocenters. The molecular weight excluding hydrogens is 356 g/mol. The fourth-order valence-electron chi connectivity index (χ4n) is 2.45. The topological polar surface area (TPSA) is 68.8 Å². The lowest BCUT2D eigenvalue weighted by Crippen LogP contribution is -2.32. The van der Waals surface area contributed by atoms with E-state index in [0.29, 0.717) is 36.1 Å². The Labute approximate surface area is 164 Å². The van der Waals surface area contributed by atoms with Crippen molar-refractivity contribution in [2.45, 2.75) is 0 Å². The number of anilines is 1. The van der Waals surface area contributed by atoms with E-state index in [-0.39, 0.29) is 6.03 Å². The standard InChI is InChI=1S/C22H22N2O4/c1-26-17-11-13-18(14-12-17)27-16-15-23-22(25)24-20-9-5-6-10-21(20)28-19-7-3-2-4-8-19/h2-14H,15-16H2,1H3,(H2,23,24,25). The summed E-state index contributed by atoms with van der Waals surface area (Å²) >= 11 is 0. The van der Waals surface area contributed by atoms with Crippen molar-refractivity contribution in [1.29, 1.82) is 0 Å². The number of methoxy groups -OCH3 is 1. The van der Waals surface area contributed by atoms with Gasteiger partial charge in [-0.2, -0.15) is 0 Å². The molecule has 6 heteroatoms. The summed E-state index contributed by atoms with van der Waals surface area (Å²) in [5.41, 5.74) is 0.583. The van der Waals surface area contributed by atoms with Crippen LogP contribution in [0, 0.1) is 0 Å². The highest BCUT2D eigenvalue weighted by molar-refractivity contribution is 5.90.